The van der Waals surface area contributed by atoms with Crippen LogP contribution in [0.2, 0.25) is 5.02 Å². The first-order valence-corrected chi connectivity index (χ1v) is 5.17. The summed E-state index contributed by atoms with van der Waals surface area (Å²) in [6, 6.07) is 2.77. The third kappa shape index (κ3) is 3.03. The summed E-state index contributed by atoms with van der Waals surface area (Å²) in [6.45, 7) is 0. The molecule has 1 aromatic rings. The molecule has 0 atom stereocenters. The Balaban J connectivity index is 3.34. The average Bonchev–Trinajstić information content (AvgIpc) is 2.15. The summed E-state index contributed by atoms with van der Waals surface area (Å²) in [5.41, 5.74) is -1.73. The Kier molecular flexibility index (Phi) is 4.10. The normalized spacial score (nSPS) is 11.9. The lowest BCUT2D eigenvalue weighted by atomic mass is 10.0. The fourth-order valence-corrected chi connectivity index (χ4v) is 1.49. The molecule has 0 fully saturated rings. The molecule has 0 spiro atoms. The number of benzene rings is 1. The molecule has 16 heavy (non-hydrogen) atoms. The lowest BCUT2D eigenvalue weighted by Crippen LogP contribution is -2.16. The molecule has 0 amide bonds. The van der Waals surface area contributed by atoms with E-state index >= 15 is 0 Å². The Bertz CT molecular complexity index is 415. The van der Waals surface area contributed by atoms with E-state index in [9.17, 15) is 18.0 Å². The van der Waals surface area contributed by atoms with Gasteiger partial charge < -0.3 is 0 Å². The first kappa shape index (κ1) is 13.6. The molecule has 7 heteroatoms. The van der Waals surface area contributed by atoms with E-state index in [1.54, 1.807) is 0 Å². The van der Waals surface area contributed by atoms with Crippen molar-refractivity contribution in [2.24, 2.45) is 0 Å². The molecule has 0 N–H and O–H groups in total. The zero-order valence-corrected chi connectivity index (χ0v) is 9.75. The molecule has 88 valence electrons. The van der Waals surface area contributed by atoms with Gasteiger partial charge in [-0.3, -0.25) is 4.79 Å². The Labute approximate surface area is 104 Å². The Hall–Kier alpha value is -0.450. The first-order valence-electron chi connectivity index (χ1n) is 3.92. The van der Waals surface area contributed by atoms with Gasteiger partial charge in [0.1, 0.15) is 0 Å². The molecule has 0 aliphatic carbocycles. The average molecular weight is 291 g/mol. The molecule has 0 radical (unpaired) electrons. The molecule has 0 aliphatic rings. The summed E-state index contributed by atoms with van der Waals surface area (Å²) in [5, 5.41) is -0.121. The summed E-state index contributed by atoms with van der Waals surface area (Å²) in [5.74, 6) is -1.01. The van der Waals surface area contributed by atoms with Gasteiger partial charge >= 0.3 is 6.18 Å². The second-order valence-electron chi connectivity index (χ2n) is 2.85. The van der Waals surface area contributed by atoms with E-state index in [-0.39, 0.29) is 5.02 Å². The monoisotopic (exact) mass is 290 g/mol. The minimum atomic E-state index is -4.68. The number of alkyl halides is 5. The predicted octanol–water partition coefficient (Wildman–Crippen LogP) is 4.35. The predicted molar refractivity (Wildman–Crippen MR) is 56.3 cm³/mol. The van der Waals surface area contributed by atoms with Gasteiger partial charge in [0.05, 0.1) is 5.56 Å². The number of Topliss-reactive ketones (excluding diaryl/α,β-unsaturated/α-hetero) is 1. The Morgan fingerprint density at radius 2 is 1.81 bits per heavy atom. The minimum absolute atomic E-state index is 0.121. The van der Waals surface area contributed by atoms with Crippen LogP contribution >= 0.6 is 34.8 Å². The maximum atomic E-state index is 12.6. The molecule has 0 aromatic heterocycles. The van der Waals surface area contributed by atoms with Gasteiger partial charge in [0.2, 0.25) is 0 Å². The van der Waals surface area contributed by atoms with Gasteiger partial charge in [-0.2, -0.15) is 13.2 Å². The topological polar surface area (TPSA) is 17.1 Å². The highest BCUT2D eigenvalue weighted by Gasteiger charge is 2.36. The highest BCUT2D eigenvalue weighted by Crippen LogP contribution is 2.34. The highest BCUT2D eigenvalue weighted by molar-refractivity contribution is 6.55. The van der Waals surface area contributed by atoms with Gasteiger partial charge in [-0.05, 0) is 18.2 Å². The summed E-state index contributed by atoms with van der Waals surface area (Å²) >= 11 is 15.9. The second-order valence-corrected chi connectivity index (χ2v) is 4.39. The van der Waals surface area contributed by atoms with Crippen molar-refractivity contribution in [3.8, 4) is 0 Å². The molecular weight excluding hydrogens is 287 g/mol. The van der Waals surface area contributed by atoms with E-state index < -0.39 is 27.9 Å². The van der Waals surface area contributed by atoms with Crippen molar-refractivity contribution < 1.29 is 18.0 Å². The Morgan fingerprint density at radius 1 is 1.25 bits per heavy atom. The maximum absolute atomic E-state index is 12.6. The number of carbonyl (C=O) groups excluding carboxylic acids is 1. The van der Waals surface area contributed by atoms with Crippen molar-refractivity contribution in [2.75, 3.05) is 0 Å². The van der Waals surface area contributed by atoms with Crippen LogP contribution in [0.1, 0.15) is 15.9 Å². The summed E-state index contributed by atoms with van der Waals surface area (Å²) in [6.07, 6.45) is -4.68. The maximum Gasteiger partial charge on any atom is 0.417 e. The quantitative estimate of drug-likeness (QED) is 0.585. The molecule has 0 saturated carbocycles. The van der Waals surface area contributed by atoms with Gasteiger partial charge in [0.25, 0.3) is 0 Å². The van der Waals surface area contributed by atoms with E-state index in [1.807, 2.05) is 0 Å². The smallest absolute Gasteiger partial charge is 0.291 e. The second kappa shape index (κ2) is 4.82. The van der Waals surface area contributed by atoms with Crippen LogP contribution in [-0.2, 0) is 6.18 Å². The van der Waals surface area contributed by atoms with E-state index in [2.05, 4.69) is 0 Å². The van der Waals surface area contributed by atoms with Crippen molar-refractivity contribution in [1.29, 1.82) is 0 Å². The van der Waals surface area contributed by atoms with Crippen LogP contribution in [0.4, 0.5) is 13.2 Å². The molecule has 0 heterocycles. The molecule has 0 unspecified atom stereocenters. The number of rotatable bonds is 2. The first-order chi connectivity index (χ1) is 7.23. The number of ketones is 1. The van der Waals surface area contributed by atoms with Gasteiger partial charge in [-0.1, -0.05) is 34.8 Å². The number of halogens is 6. The van der Waals surface area contributed by atoms with Crippen LogP contribution in [0.15, 0.2) is 18.2 Å². The zero-order chi connectivity index (χ0) is 12.5. The summed E-state index contributed by atoms with van der Waals surface area (Å²) in [4.78, 5) is 9.78. The highest BCUT2D eigenvalue weighted by atomic mass is 35.5. The molecule has 0 aliphatic heterocycles. The minimum Gasteiger partial charge on any atom is -0.291 e. The van der Waals surface area contributed by atoms with Crippen LogP contribution in [0.25, 0.3) is 0 Å². The largest absolute Gasteiger partial charge is 0.417 e. The van der Waals surface area contributed by atoms with Gasteiger partial charge in [-0.15, -0.1) is 0 Å². The van der Waals surface area contributed by atoms with E-state index in [0.717, 1.165) is 6.07 Å². The molecule has 0 saturated heterocycles. The van der Waals surface area contributed by atoms with Crippen molar-refractivity contribution in [1.82, 2.24) is 0 Å². The van der Waals surface area contributed by atoms with Crippen LogP contribution in [0.5, 0.6) is 0 Å². The van der Waals surface area contributed by atoms with Gasteiger partial charge in [-0.25, -0.2) is 0 Å². The van der Waals surface area contributed by atoms with Crippen molar-refractivity contribution in [3.05, 3.63) is 34.3 Å². The van der Waals surface area contributed by atoms with Crippen LogP contribution in [0, 0.1) is 0 Å². The fourth-order valence-electron chi connectivity index (χ4n) is 1.08. The Morgan fingerprint density at radius 3 is 2.25 bits per heavy atom. The fraction of sp³-hybridized carbons (Fsp3) is 0.222. The zero-order valence-electron chi connectivity index (χ0n) is 7.49. The van der Waals surface area contributed by atoms with Crippen molar-refractivity contribution >= 4 is 40.6 Å². The number of hydrogen-bond donors (Lipinski definition) is 0. The van der Waals surface area contributed by atoms with Gasteiger partial charge in [0, 0.05) is 10.6 Å². The lowest BCUT2D eigenvalue weighted by Gasteiger charge is -2.12. The molecular formula is C9H4Cl3F3O. The summed E-state index contributed by atoms with van der Waals surface area (Å²) < 4.78 is 37.7. The van der Waals surface area contributed by atoms with Crippen LogP contribution < -0.4 is 0 Å². The van der Waals surface area contributed by atoms with E-state index in [1.165, 1.54) is 6.07 Å². The van der Waals surface area contributed by atoms with Crippen LogP contribution in [0.3, 0.4) is 0 Å². The summed E-state index contributed by atoms with van der Waals surface area (Å²) in [7, 11) is 0. The lowest BCUT2D eigenvalue weighted by molar-refractivity contribution is -0.137. The third-order valence-electron chi connectivity index (χ3n) is 1.75. The van der Waals surface area contributed by atoms with Crippen molar-refractivity contribution in [3.63, 3.8) is 0 Å². The van der Waals surface area contributed by atoms with Crippen LogP contribution in [-0.4, -0.2) is 10.6 Å². The molecule has 1 nitrogen and oxygen atoms in total. The SMILES string of the molecule is O=C(c1ccc(Cl)cc1C(F)(F)F)C(Cl)Cl. The standard InChI is InChI=1S/C9H4Cl3F3O/c10-4-1-2-5(7(16)8(11)12)6(3-4)9(13,14)15/h1-3,8H. The van der Waals surface area contributed by atoms with E-state index in [0.29, 0.717) is 6.07 Å². The molecule has 0 bridgehead atoms. The third-order valence-corrected chi connectivity index (χ3v) is 2.38. The van der Waals surface area contributed by atoms with E-state index in [4.69, 9.17) is 34.8 Å². The number of carbonyl (C=O) groups is 1. The van der Waals surface area contributed by atoms with Gasteiger partial charge in [0.15, 0.2) is 10.6 Å². The van der Waals surface area contributed by atoms with Crippen molar-refractivity contribution in [2.45, 2.75) is 11.0 Å². The number of hydrogen-bond acceptors (Lipinski definition) is 1. The molecule has 1 aromatic carbocycles. The molecule has 1 rings (SSSR count).